The lowest BCUT2D eigenvalue weighted by Gasteiger charge is -2.07. The molecule has 0 saturated carbocycles. The second-order valence-electron chi connectivity index (χ2n) is 4.57. The molecule has 0 fully saturated rings. The summed E-state index contributed by atoms with van der Waals surface area (Å²) in [5.41, 5.74) is 0. The summed E-state index contributed by atoms with van der Waals surface area (Å²) < 4.78 is 1.17. The number of hydrogen-bond donors (Lipinski definition) is 0. The first-order chi connectivity index (χ1) is 6.54. The molecule has 0 spiro atoms. The van der Waals surface area contributed by atoms with Crippen molar-refractivity contribution in [2.24, 2.45) is 11.8 Å². The van der Waals surface area contributed by atoms with Gasteiger partial charge in [0.1, 0.15) is 0 Å². The van der Waals surface area contributed by atoms with Crippen molar-refractivity contribution in [3.63, 3.8) is 0 Å². The predicted molar refractivity (Wildman–Crippen MR) is 73.2 cm³/mol. The maximum atomic E-state index is 5.26. The minimum Gasteiger partial charge on any atom is -0.119 e. The van der Waals surface area contributed by atoms with E-state index in [1.165, 1.54) is 35.6 Å². The van der Waals surface area contributed by atoms with Crippen molar-refractivity contribution in [1.29, 1.82) is 0 Å². The Balaban J connectivity index is 3.18. The molecule has 0 radical (unpaired) electrons. The van der Waals surface area contributed by atoms with Gasteiger partial charge in [-0.3, -0.25) is 0 Å². The van der Waals surface area contributed by atoms with Gasteiger partial charge < -0.3 is 0 Å². The SMILES string of the molecule is CC(C)CCCCCSC(=S)C(C)C. The summed E-state index contributed by atoms with van der Waals surface area (Å²) in [6, 6.07) is 0. The molecule has 0 rings (SSSR count). The largest absolute Gasteiger partial charge is 0.119 e. The van der Waals surface area contributed by atoms with Gasteiger partial charge in [0.25, 0.3) is 0 Å². The second kappa shape index (κ2) is 8.72. The maximum absolute atomic E-state index is 5.26. The second-order valence-corrected chi connectivity index (χ2v) is 6.40. The average Bonchev–Trinajstić information content (AvgIpc) is 2.09. The van der Waals surface area contributed by atoms with Crippen molar-refractivity contribution in [3.8, 4) is 0 Å². The van der Waals surface area contributed by atoms with E-state index in [0.717, 1.165) is 5.92 Å². The third-order valence-corrected chi connectivity index (χ3v) is 4.22. The Kier molecular flexibility index (Phi) is 9.00. The zero-order valence-electron chi connectivity index (χ0n) is 10.0. The zero-order chi connectivity index (χ0) is 11.0. The molecule has 0 aliphatic carbocycles. The van der Waals surface area contributed by atoms with Gasteiger partial charge in [-0.2, -0.15) is 0 Å². The molecule has 0 saturated heterocycles. The fourth-order valence-corrected chi connectivity index (χ4v) is 2.30. The third kappa shape index (κ3) is 9.01. The molecule has 14 heavy (non-hydrogen) atoms. The Morgan fingerprint density at radius 1 is 1.07 bits per heavy atom. The number of unbranched alkanes of at least 4 members (excludes halogenated alkanes) is 2. The highest BCUT2D eigenvalue weighted by Gasteiger charge is 2.02. The number of rotatable bonds is 7. The van der Waals surface area contributed by atoms with Crippen LogP contribution in [0.1, 0.15) is 53.4 Å². The quantitative estimate of drug-likeness (QED) is 0.451. The van der Waals surface area contributed by atoms with Crippen LogP contribution in [0.5, 0.6) is 0 Å². The van der Waals surface area contributed by atoms with E-state index in [4.69, 9.17) is 12.2 Å². The van der Waals surface area contributed by atoms with Crippen molar-refractivity contribution in [2.45, 2.75) is 53.4 Å². The molecule has 0 atom stereocenters. The number of thiocarbonyl (C=S) groups is 1. The van der Waals surface area contributed by atoms with Gasteiger partial charge in [0.2, 0.25) is 0 Å². The summed E-state index contributed by atoms with van der Waals surface area (Å²) in [5, 5.41) is 0. The first kappa shape index (κ1) is 14.4. The molecule has 0 aliphatic rings. The molecule has 0 aromatic carbocycles. The lowest BCUT2D eigenvalue weighted by Crippen LogP contribution is -1.99. The van der Waals surface area contributed by atoms with Gasteiger partial charge in [-0.1, -0.05) is 59.2 Å². The summed E-state index contributed by atoms with van der Waals surface area (Å²) in [5.74, 6) is 2.64. The summed E-state index contributed by atoms with van der Waals surface area (Å²) in [6.45, 7) is 8.94. The molecule has 0 heterocycles. The Hall–Kier alpha value is 0.440. The smallest absolute Gasteiger partial charge is 0.0503 e. The van der Waals surface area contributed by atoms with Gasteiger partial charge in [-0.15, -0.1) is 11.8 Å². The molecule has 0 N–H and O–H groups in total. The minimum atomic E-state index is 0.561. The van der Waals surface area contributed by atoms with Gasteiger partial charge in [-0.05, 0) is 24.0 Å². The standard InChI is InChI=1S/C12H24S2/c1-10(2)8-6-5-7-9-14-12(13)11(3)4/h10-11H,5-9H2,1-4H3. The van der Waals surface area contributed by atoms with Gasteiger partial charge in [0.15, 0.2) is 0 Å². The fourth-order valence-electron chi connectivity index (χ4n) is 1.17. The zero-order valence-corrected chi connectivity index (χ0v) is 11.6. The number of hydrogen-bond acceptors (Lipinski definition) is 2. The predicted octanol–water partition coefficient (Wildman–Crippen LogP) is 4.92. The summed E-state index contributed by atoms with van der Waals surface area (Å²) >= 11 is 7.14. The Bertz CT molecular complexity index is 150. The molecule has 2 heteroatoms. The minimum absolute atomic E-state index is 0.561. The van der Waals surface area contributed by atoms with Gasteiger partial charge in [0.05, 0.1) is 4.20 Å². The topological polar surface area (TPSA) is 0 Å². The maximum Gasteiger partial charge on any atom is 0.0503 e. The Morgan fingerprint density at radius 2 is 1.71 bits per heavy atom. The summed E-state index contributed by atoms with van der Waals surface area (Å²) in [6.07, 6.45) is 5.45. The van der Waals surface area contributed by atoms with Crippen LogP contribution >= 0.6 is 24.0 Å². The molecule has 84 valence electrons. The van der Waals surface area contributed by atoms with Crippen molar-refractivity contribution >= 4 is 28.2 Å². The van der Waals surface area contributed by atoms with E-state index in [0.29, 0.717) is 5.92 Å². The van der Waals surface area contributed by atoms with Crippen molar-refractivity contribution in [3.05, 3.63) is 0 Å². The van der Waals surface area contributed by atoms with Crippen LogP contribution in [0.3, 0.4) is 0 Å². The lowest BCUT2D eigenvalue weighted by molar-refractivity contribution is 0.535. The highest BCUT2D eigenvalue weighted by atomic mass is 32.2. The molecule has 0 aromatic heterocycles. The third-order valence-electron chi connectivity index (χ3n) is 2.14. The van der Waals surface area contributed by atoms with Crippen LogP contribution in [-0.2, 0) is 0 Å². The molecule has 0 aliphatic heterocycles. The molecular formula is C12H24S2. The Labute approximate surface area is 99.2 Å². The molecule has 0 aromatic rings. The molecule has 0 unspecified atom stereocenters. The van der Waals surface area contributed by atoms with E-state index in [-0.39, 0.29) is 0 Å². The molecule has 0 nitrogen and oxygen atoms in total. The van der Waals surface area contributed by atoms with E-state index >= 15 is 0 Å². The van der Waals surface area contributed by atoms with Crippen LogP contribution in [0.2, 0.25) is 0 Å². The van der Waals surface area contributed by atoms with Gasteiger partial charge >= 0.3 is 0 Å². The highest BCUT2D eigenvalue weighted by Crippen LogP contribution is 2.16. The van der Waals surface area contributed by atoms with E-state index < -0.39 is 0 Å². The van der Waals surface area contributed by atoms with Crippen molar-refractivity contribution < 1.29 is 0 Å². The van der Waals surface area contributed by atoms with Crippen molar-refractivity contribution in [1.82, 2.24) is 0 Å². The van der Waals surface area contributed by atoms with E-state index in [9.17, 15) is 0 Å². The first-order valence-electron chi connectivity index (χ1n) is 5.70. The van der Waals surface area contributed by atoms with Crippen molar-refractivity contribution in [2.75, 3.05) is 5.75 Å². The van der Waals surface area contributed by atoms with Crippen LogP contribution < -0.4 is 0 Å². The molecule has 0 amide bonds. The Morgan fingerprint density at radius 3 is 2.21 bits per heavy atom. The van der Waals surface area contributed by atoms with E-state index in [1.807, 2.05) is 11.8 Å². The lowest BCUT2D eigenvalue weighted by atomic mass is 10.1. The van der Waals surface area contributed by atoms with Gasteiger partial charge in [0, 0.05) is 0 Å². The first-order valence-corrected chi connectivity index (χ1v) is 7.10. The van der Waals surface area contributed by atoms with Crippen LogP contribution in [0.4, 0.5) is 0 Å². The van der Waals surface area contributed by atoms with E-state index in [2.05, 4.69) is 27.7 Å². The average molecular weight is 232 g/mol. The van der Waals surface area contributed by atoms with Gasteiger partial charge in [-0.25, -0.2) is 0 Å². The fraction of sp³-hybridized carbons (Fsp3) is 0.917. The normalized spacial score (nSPS) is 11.3. The summed E-state index contributed by atoms with van der Waals surface area (Å²) in [7, 11) is 0. The summed E-state index contributed by atoms with van der Waals surface area (Å²) in [4.78, 5) is 0. The van der Waals surface area contributed by atoms with Crippen LogP contribution in [0, 0.1) is 11.8 Å². The van der Waals surface area contributed by atoms with E-state index in [1.54, 1.807) is 0 Å². The molecular weight excluding hydrogens is 208 g/mol. The van der Waals surface area contributed by atoms with Crippen LogP contribution in [-0.4, -0.2) is 9.95 Å². The molecule has 0 bridgehead atoms. The monoisotopic (exact) mass is 232 g/mol. The van der Waals surface area contributed by atoms with Crippen LogP contribution in [0.15, 0.2) is 0 Å². The number of thioether (sulfide) groups is 1. The highest BCUT2D eigenvalue weighted by molar-refractivity contribution is 8.23. The van der Waals surface area contributed by atoms with Crippen LogP contribution in [0.25, 0.3) is 0 Å².